The fourth-order valence-electron chi connectivity index (χ4n) is 1.84. The molecule has 0 atom stereocenters. The Labute approximate surface area is 111 Å². The van der Waals surface area contributed by atoms with Crippen LogP contribution in [0.4, 0.5) is 0 Å². The van der Waals surface area contributed by atoms with E-state index in [0.717, 1.165) is 5.56 Å². The lowest BCUT2D eigenvalue weighted by Gasteiger charge is -2.11. The molecule has 0 saturated heterocycles. The number of benzene rings is 1. The molecule has 98 valence electrons. The summed E-state index contributed by atoms with van der Waals surface area (Å²) in [6.07, 6.45) is 3.13. The summed E-state index contributed by atoms with van der Waals surface area (Å²) < 4.78 is 10.4. The molecule has 0 bridgehead atoms. The van der Waals surface area contributed by atoms with Crippen molar-refractivity contribution in [2.24, 2.45) is 5.73 Å². The van der Waals surface area contributed by atoms with E-state index in [9.17, 15) is 4.79 Å². The molecule has 19 heavy (non-hydrogen) atoms. The number of pyridine rings is 1. The Morgan fingerprint density at radius 2 is 1.89 bits per heavy atom. The average Bonchev–Trinajstić information content (AvgIpc) is 2.46. The maximum absolute atomic E-state index is 11.4. The van der Waals surface area contributed by atoms with Gasteiger partial charge in [-0.15, -0.1) is 0 Å². The third-order valence-electron chi connectivity index (χ3n) is 2.78. The van der Waals surface area contributed by atoms with Crippen LogP contribution in [0, 0.1) is 0 Å². The number of nitrogens with zero attached hydrogens (tertiary/aromatic N) is 1. The first-order valence-electron chi connectivity index (χ1n) is 5.63. The van der Waals surface area contributed by atoms with Gasteiger partial charge >= 0.3 is 0 Å². The van der Waals surface area contributed by atoms with Crippen LogP contribution in [0.1, 0.15) is 10.4 Å². The van der Waals surface area contributed by atoms with E-state index < -0.39 is 5.91 Å². The highest BCUT2D eigenvalue weighted by Gasteiger charge is 2.12. The van der Waals surface area contributed by atoms with E-state index in [1.165, 1.54) is 6.20 Å². The predicted octanol–water partition coefficient (Wildman–Crippen LogP) is 1.86. The summed E-state index contributed by atoms with van der Waals surface area (Å²) in [5.41, 5.74) is 7.23. The highest BCUT2D eigenvalue weighted by Crippen LogP contribution is 2.33. The molecule has 5 heteroatoms. The van der Waals surface area contributed by atoms with Crippen molar-refractivity contribution in [3.63, 3.8) is 0 Å². The second-order valence-electron chi connectivity index (χ2n) is 3.86. The van der Waals surface area contributed by atoms with Crippen LogP contribution in [0.25, 0.3) is 11.1 Å². The number of carbonyl (C=O) groups is 1. The average molecular weight is 258 g/mol. The molecule has 2 rings (SSSR count). The van der Waals surface area contributed by atoms with Crippen LogP contribution in [0.2, 0.25) is 0 Å². The number of primary amides is 1. The minimum Gasteiger partial charge on any atom is -0.493 e. The van der Waals surface area contributed by atoms with Crippen molar-refractivity contribution in [2.45, 2.75) is 0 Å². The molecule has 1 amide bonds. The van der Waals surface area contributed by atoms with Crippen molar-refractivity contribution in [1.29, 1.82) is 0 Å². The van der Waals surface area contributed by atoms with Crippen LogP contribution in [-0.4, -0.2) is 25.1 Å². The van der Waals surface area contributed by atoms with E-state index >= 15 is 0 Å². The molecular formula is C14H14N2O3. The largest absolute Gasteiger partial charge is 0.493 e. The third kappa shape index (κ3) is 2.49. The van der Waals surface area contributed by atoms with Gasteiger partial charge in [0.05, 0.1) is 14.2 Å². The number of hydrogen-bond acceptors (Lipinski definition) is 4. The molecule has 1 heterocycles. The molecule has 0 aliphatic rings. The summed E-state index contributed by atoms with van der Waals surface area (Å²) in [5, 5.41) is 0. The second-order valence-corrected chi connectivity index (χ2v) is 3.86. The van der Waals surface area contributed by atoms with Gasteiger partial charge in [-0.3, -0.25) is 9.78 Å². The van der Waals surface area contributed by atoms with Gasteiger partial charge in [0, 0.05) is 23.5 Å². The van der Waals surface area contributed by atoms with Crippen LogP contribution >= 0.6 is 0 Å². The molecule has 0 aliphatic heterocycles. The molecule has 0 spiro atoms. The van der Waals surface area contributed by atoms with Gasteiger partial charge in [0.25, 0.3) is 0 Å². The molecule has 0 fully saturated rings. The van der Waals surface area contributed by atoms with Crippen LogP contribution in [-0.2, 0) is 0 Å². The maximum Gasteiger partial charge on any atom is 0.249 e. The molecular weight excluding hydrogens is 244 g/mol. The fraction of sp³-hybridized carbons (Fsp3) is 0.143. The molecule has 0 unspecified atom stereocenters. The number of methoxy groups -OCH3 is 2. The van der Waals surface area contributed by atoms with Crippen LogP contribution < -0.4 is 15.2 Å². The molecule has 0 aliphatic carbocycles. The van der Waals surface area contributed by atoms with Crippen LogP contribution in [0.5, 0.6) is 11.5 Å². The first-order chi connectivity index (χ1) is 9.17. The molecule has 1 aromatic carbocycles. The number of rotatable bonds is 4. The highest BCUT2D eigenvalue weighted by atomic mass is 16.5. The van der Waals surface area contributed by atoms with Gasteiger partial charge < -0.3 is 15.2 Å². The number of aromatic nitrogens is 1. The number of nitrogens with two attached hydrogens (primary N) is 1. The summed E-state index contributed by atoms with van der Waals surface area (Å²) in [6.45, 7) is 0. The summed E-state index contributed by atoms with van der Waals surface area (Å²) in [7, 11) is 3.12. The summed E-state index contributed by atoms with van der Waals surface area (Å²) in [5.74, 6) is 0.710. The zero-order chi connectivity index (χ0) is 13.8. The maximum atomic E-state index is 11.4. The smallest absolute Gasteiger partial charge is 0.249 e. The van der Waals surface area contributed by atoms with Gasteiger partial charge in [0.1, 0.15) is 0 Å². The molecule has 0 saturated carbocycles. The zero-order valence-electron chi connectivity index (χ0n) is 10.7. The Balaban J connectivity index is 2.56. The molecule has 0 radical (unpaired) electrons. The lowest BCUT2D eigenvalue weighted by molar-refractivity contribution is 0.100. The number of amides is 1. The van der Waals surface area contributed by atoms with Gasteiger partial charge in [-0.1, -0.05) is 6.07 Å². The Morgan fingerprint density at radius 3 is 2.53 bits per heavy atom. The summed E-state index contributed by atoms with van der Waals surface area (Å²) >= 11 is 0. The van der Waals surface area contributed by atoms with Gasteiger partial charge in [-0.25, -0.2) is 0 Å². The fourth-order valence-corrected chi connectivity index (χ4v) is 1.84. The lowest BCUT2D eigenvalue weighted by atomic mass is 10.0. The van der Waals surface area contributed by atoms with Crippen molar-refractivity contribution in [3.8, 4) is 22.6 Å². The Morgan fingerprint density at radius 1 is 1.16 bits per heavy atom. The molecule has 1 aromatic heterocycles. The van der Waals surface area contributed by atoms with Crippen molar-refractivity contribution in [1.82, 2.24) is 4.98 Å². The van der Waals surface area contributed by atoms with Crippen molar-refractivity contribution < 1.29 is 14.3 Å². The standard InChI is InChI=1S/C14H14N2O3/c1-18-12-4-3-9(7-13(12)19-2)11-8-16-6-5-10(11)14(15)17/h3-8H,1-2H3,(H2,15,17). The quantitative estimate of drug-likeness (QED) is 0.908. The first-order valence-corrected chi connectivity index (χ1v) is 5.63. The van der Waals surface area contributed by atoms with E-state index in [4.69, 9.17) is 15.2 Å². The van der Waals surface area contributed by atoms with Gasteiger partial charge in [-0.05, 0) is 23.8 Å². The third-order valence-corrected chi connectivity index (χ3v) is 2.78. The molecule has 2 N–H and O–H groups in total. The van der Waals surface area contributed by atoms with Gasteiger partial charge in [-0.2, -0.15) is 0 Å². The van der Waals surface area contributed by atoms with E-state index in [1.807, 2.05) is 6.07 Å². The number of carbonyl (C=O) groups excluding carboxylic acids is 1. The van der Waals surface area contributed by atoms with Gasteiger partial charge in [0.2, 0.25) is 5.91 Å². The van der Waals surface area contributed by atoms with Crippen LogP contribution in [0.3, 0.4) is 0 Å². The minimum atomic E-state index is -0.493. The van der Waals surface area contributed by atoms with Crippen molar-refractivity contribution >= 4 is 5.91 Å². The Hall–Kier alpha value is -2.56. The van der Waals surface area contributed by atoms with E-state index in [2.05, 4.69) is 4.98 Å². The second kappa shape index (κ2) is 5.39. The van der Waals surface area contributed by atoms with E-state index in [-0.39, 0.29) is 0 Å². The lowest BCUT2D eigenvalue weighted by Crippen LogP contribution is -2.12. The predicted molar refractivity (Wildman–Crippen MR) is 71.3 cm³/mol. The molecule has 5 nitrogen and oxygen atoms in total. The highest BCUT2D eigenvalue weighted by molar-refractivity contribution is 5.99. The Bertz CT molecular complexity index is 611. The molecule has 2 aromatic rings. The SMILES string of the molecule is COc1ccc(-c2cnccc2C(N)=O)cc1OC. The van der Waals surface area contributed by atoms with E-state index in [1.54, 1.807) is 38.6 Å². The normalized spacial score (nSPS) is 10.0. The topological polar surface area (TPSA) is 74.4 Å². The zero-order valence-corrected chi connectivity index (χ0v) is 10.7. The number of ether oxygens (including phenoxy) is 2. The summed E-state index contributed by atoms with van der Waals surface area (Å²) in [6, 6.07) is 6.97. The Kier molecular flexibility index (Phi) is 3.66. The van der Waals surface area contributed by atoms with Crippen LogP contribution in [0.15, 0.2) is 36.7 Å². The number of hydrogen-bond donors (Lipinski definition) is 1. The monoisotopic (exact) mass is 258 g/mol. The van der Waals surface area contributed by atoms with Gasteiger partial charge in [0.15, 0.2) is 11.5 Å². The van der Waals surface area contributed by atoms with Crippen molar-refractivity contribution in [3.05, 3.63) is 42.2 Å². The summed E-state index contributed by atoms with van der Waals surface area (Å²) in [4.78, 5) is 15.4. The van der Waals surface area contributed by atoms with E-state index in [0.29, 0.717) is 22.6 Å². The first kappa shape index (κ1) is 12.9. The minimum absolute atomic E-state index is 0.419. The van der Waals surface area contributed by atoms with Crippen molar-refractivity contribution in [2.75, 3.05) is 14.2 Å².